The molecule has 1 aromatic carbocycles. The number of ether oxygens (including phenoxy) is 1. The molecule has 0 atom stereocenters. The monoisotopic (exact) mass is 349 g/mol. The quantitative estimate of drug-likeness (QED) is 0.844. The van der Waals surface area contributed by atoms with Crippen LogP contribution in [0, 0.1) is 6.92 Å². The summed E-state index contributed by atoms with van der Waals surface area (Å²) < 4.78 is 6.81. The molecular weight excluding hydrogens is 338 g/mol. The molecule has 0 bridgehead atoms. The van der Waals surface area contributed by atoms with Crippen LogP contribution >= 0.6 is 31.9 Å². The van der Waals surface area contributed by atoms with Crippen molar-refractivity contribution in [1.29, 1.82) is 0 Å². The fourth-order valence-electron chi connectivity index (χ4n) is 1.13. The number of carbonyl (C=O) groups is 1. The Morgan fingerprint density at radius 3 is 2.44 bits per heavy atom. The van der Waals surface area contributed by atoms with Gasteiger partial charge in [-0.2, -0.15) is 0 Å². The first-order valence-corrected chi connectivity index (χ1v) is 6.48. The van der Waals surface area contributed by atoms with Crippen molar-refractivity contribution in [2.75, 3.05) is 18.5 Å². The average Bonchev–Trinajstić information content (AvgIpc) is 2.23. The summed E-state index contributed by atoms with van der Waals surface area (Å²) >= 11 is 6.90. The molecule has 88 valence electrons. The highest BCUT2D eigenvalue weighted by Gasteiger charge is 2.05. The lowest BCUT2D eigenvalue weighted by molar-refractivity contribution is -0.140. The molecule has 16 heavy (non-hydrogen) atoms. The largest absolute Gasteiger partial charge is 0.465 e. The molecule has 0 aromatic heterocycles. The van der Waals surface area contributed by atoms with Crippen LogP contribution in [0.15, 0.2) is 21.1 Å². The number of hydrogen-bond acceptors (Lipinski definition) is 3. The van der Waals surface area contributed by atoms with E-state index < -0.39 is 0 Å². The Morgan fingerprint density at radius 1 is 1.38 bits per heavy atom. The average molecular weight is 351 g/mol. The van der Waals surface area contributed by atoms with Gasteiger partial charge in [0.25, 0.3) is 0 Å². The molecule has 0 radical (unpaired) electrons. The first-order valence-electron chi connectivity index (χ1n) is 4.89. The van der Waals surface area contributed by atoms with Gasteiger partial charge in [0.05, 0.1) is 6.61 Å². The molecule has 3 nitrogen and oxygen atoms in total. The molecule has 0 fully saturated rings. The van der Waals surface area contributed by atoms with Gasteiger partial charge in [-0.25, -0.2) is 0 Å². The van der Waals surface area contributed by atoms with E-state index in [-0.39, 0.29) is 12.5 Å². The Kier molecular flexibility index (Phi) is 5.28. The van der Waals surface area contributed by atoms with Gasteiger partial charge < -0.3 is 10.1 Å². The minimum Gasteiger partial charge on any atom is -0.465 e. The molecule has 0 amide bonds. The normalized spacial score (nSPS) is 10.0. The molecule has 1 N–H and O–H groups in total. The Morgan fingerprint density at radius 2 is 1.94 bits per heavy atom. The van der Waals surface area contributed by atoms with E-state index in [4.69, 9.17) is 4.74 Å². The summed E-state index contributed by atoms with van der Waals surface area (Å²) in [6.45, 7) is 4.37. The van der Waals surface area contributed by atoms with Crippen molar-refractivity contribution in [2.24, 2.45) is 0 Å². The minimum atomic E-state index is -0.254. The van der Waals surface area contributed by atoms with Gasteiger partial charge in [0, 0.05) is 14.6 Å². The number of halogens is 2. The molecule has 1 aromatic rings. The highest BCUT2D eigenvalue weighted by atomic mass is 79.9. The van der Waals surface area contributed by atoms with Crippen LogP contribution in [0.3, 0.4) is 0 Å². The van der Waals surface area contributed by atoms with Gasteiger partial charge in [-0.1, -0.05) is 31.9 Å². The smallest absolute Gasteiger partial charge is 0.325 e. The summed E-state index contributed by atoms with van der Waals surface area (Å²) in [6.07, 6.45) is 0. The summed E-state index contributed by atoms with van der Waals surface area (Å²) in [5, 5.41) is 3.00. The molecule has 0 spiro atoms. The number of rotatable bonds is 4. The first kappa shape index (κ1) is 13.5. The summed E-state index contributed by atoms with van der Waals surface area (Å²) in [4.78, 5) is 11.1. The third-order valence-corrected chi connectivity index (χ3v) is 3.67. The van der Waals surface area contributed by atoms with Gasteiger partial charge in [-0.15, -0.1) is 0 Å². The molecule has 0 saturated heterocycles. The lowest BCUT2D eigenvalue weighted by Gasteiger charge is -2.09. The predicted octanol–water partition coefficient (Wildman–Crippen LogP) is 3.50. The van der Waals surface area contributed by atoms with Gasteiger partial charge in [0.2, 0.25) is 0 Å². The number of esters is 1. The third kappa shape index (κ3) is 3.79. The van der Waals surface area contributed by atoms with Gasteiger partial charge >= 0.3 is 5.97 Å². The number of carbonyl (C=O) groups excluding carboxylic acids is 1. The molecule has 0 unspecified atom stereocenters. The molecule has 1 rings (SSSR count). The van der Waals surface area contributed by atoms with Crippen molar-refractivity contribution in [3.63, 3.8) is 0 Å². The number of benzene rings is 1. The second kappa shape index (κ2) is 6.25. The van der Waals surface area contributed by atoms with Crippen molar-refractivity contribution in [3.8, 4) is 0 Å². The molecule has 0 heterocycles. The first-order chi connectivity index (χ1) is 7.54. The highest BCUT2D eigenvalue weighted by molar-refractivity contribution is 9.11. The zero-order valence-corrected chi connectivity index (χ0v) is 12.3. The number of hydrogen-bond donors (Lipinski definition) is 1. The number of nitrogens with one attached hydrogen (secondary N) is 1. The highest BCUT2D eigenvalue weighted by Crippen LogP contribution is 2.28. The fourth-order valence-corrected chi connectivity index (χ4v) is 2.32. The fraction of sp³-hybridized carbons (Fsp3) is 0.364. The minimum absolute atomic E-state index is 0.176. The third-order valence-electron chi connectivity index (χ3n) is 2.02. The standard InChI is InChI=1S/C11H13Br2NO2/c1-3-16-11(15)6-14-8-4-9(12)7(2)10(13)5-8/h4-5,14H,3,6H2,1-2H3. The predicted molar refractivity (Wildman–Crippen MR) is 71.7 cm³/mol. The zero-order valence-electron chi connectivity index (χ0n) is 9.14. The van der Waals surface area contributed by atoms with Crippen molar-refractivity contribution in [2.45, 2.75) is 13.8 Å². The summed E-state index contributed by atoms with van der Waals surface area (Å²) in [5.41, 5.74) is 2.00. The van der Waals surface area contributed by atoms with E-state index in [1.807, 2.05) is 19.1 Å². The zero-order chi connectivity index (χ0) is 12.1. The molecule has 0 saturated carbocycles. The molecule has 0 aliphatic rings. The van der Waals surface area contributed by atoms with Crippen molar-refractivity contribution >= 4 is 43.5 Å². The molecular formula is C11H13Br2NO2. The summed E-state index contributed by atoms with van der Waals surface area (Å²) in [5.74, 6) is -0.254. The van der Waals surface area contributed by atoms with E-state index in [1.165, 1.54) is 0 Å². The maximum atomic E-state index is 11.1. The number of anilines is 1. The van der Waals surface area contributed by atoms with Crippen molar-refractivity contribution < 1.29 is 9.53 Å². The molecule has 5 heteroatoms. The Hall–Kier alpha value is -0.550. The second-order valence-electron chi connectivity index (χ2n) is 3.22. The topological polar surface area (TPSA) is 38.3 Å². The summed E-state index contributed by atoms with van der Waals surface area (Å²) in [6, 6.07) is 3.86. The van der Waals surface area contributed by atoms with E-state index >= 15 is 0 Å². The van der Waals surface area contributed by atoms with E-state index in [0.717, 1.165) is 20.2 Å². The van der Waals surface area contributed by atoms with Gasteiger partial charge in [0.15, 0.2) is 0 Å². The van der Waals surface area contributed by atoms with Gasteiger partial charge in [-0.3, -0.25) is 4.79 Å². The van der Waals surface area contributed by atoms with Crippen LogP contribution in [0.4, 0.5) is 5.69 Å². The van der Waals surface area contributed by atoms with Crippen LogP contribution in [0.5, 0.6) is 0 Å². The lowest BCUT2D eigenvalue weighted by Crippen LogP contribution is -2.16. The second-order valence-corrected chi connectivity index (χ2v) is 4.93. The van der Waals surface area contributed by atoms with Crippen LogP contribution in [0.1, 0.15) is 12.5 Å². The van der Waals surface area contributed by atoms with Crippen LogP contribution in [-0.2, 0) is 9.53 Å². The van der Waals surface area contributed by atoms with E-state index in [0.29, 0.717) is 6.61 Å². The molecule has 0 aliphatic heterocycles. The van der Waals surface area contributed by atoms with E-state index in [2.05, 4.69) is 37.2 Å². The van der Waals surface area contributed by atoms with Crippen LogP contribution in [0.2, 0.25) is 0 Å². The Labute approximate surface area is 112 Å². The van der Waals surface area contributed by atoms with Crippen LogP contribution < -0.4 is 5.32 Å². The van der Waals surface area contributed by atoms with Crippen LogP contribution in [-0.4, -0.2) is 19.1 Å². The Bertz CT molecular complexity index is 371. The lowest BCUT2D eigenvalue weighted by atomic mass is 10.2. The molecule has 0 aliphatic carbocycles. The van der Waals surface area contributed by atoms with Crippen LogP contribution in [0.25, 0.3) is 0 Å². The van der Waals surface area contributed by atoms with E-state index in [1.54, 1.807) is 6.92 Å². The Balaban J connectivity index is 2.65. The maximum Gasteiger partial charge on any atom is 0.325 e. The summed E-state index contributed by atoms with van der Waals surface area (Å²) in [7, 11) is 0. The van der Waals surface area contributed by atoms with Gasteiger partial charge in [0.1, 0.15) is 6.54 Å². The van der Waals surface area contributed by atoms with Crippen molar-refractivity contribution in [3.05, 3.63) is 26.6 Å². The van der Waals surface area contributed by atoms with Gasteiger partial charge in [-0.05, 0) is 31.5 Å². The SMILES string of the molecule is CCOC(=O)CNc1cc(Br)c(C)c(Br)c1. The van der Waals surface area contributed by atoms with E-state index in [9.17, 15) is 4.79 Å². The van der Waals surface area contributed by atoms with Crippen molar-refractivity contribution in [1.82, 2.24) is 0 Å². The maximum absolute atomic E-state index is 11.1.